The van der Waals surface area contributed by atoms with E-state index < -0.39 is 0 Å². The molecule has 1 aromatic rings. The molecule has 0 spiro atoms. The summed E-state index contributed by atoms with van der Waals surface area (Å²) in [5.41, 5.74) is 5.83. The fourth-order valence-electron chi connectivity index (χ4n) is 2.48. The van der Waals surface area contributed by atoms with Gasteiger partial charge in [0.2, 0.25) is 0 Å². The third-order valence-corrected chi connectivity index (χ3v) is 4.80. The topological polar surface area (TPSA) is 91.5 Å². The van der Waals surface area contributed by atoms with Gasteiger partial charge in [-0.25, -0.2) is 4.98 Å². The van der Waals surface area contributed by atoms with E-state index in [0.29, 0.717) is 23.5 Å². The monoisotopic (exact) mass is 282 g/mol. The van der Waals surface area contributed by atoms with Crippen molar-refractivity contribution in [1.29, 1.82) is 0 Å². The van der Waals surface area contributed by atoms with Gasteiger partial charge >= 0.3 is 0 Å². The lowest BCUT2D eigenvalue weighted by atomic mass is 9.89. The predicted octanol–water partition coefficient (Wildman–Crippen LogP) is 0.579. The van der Waals surface area contributed by atoms with Gasteiger partial charge in [-0.05, 0) is 25.7 Å². The summed E-state index contributed by atoms with van der Waals surface area (Å²) in [6.07, 6.45) is 3.32. The molecule has 6 nitrogen and oxygen atoms in total. The second kappa shape index (κ2) is 4.97. The molecular formula is C12H18N4O2S. The van der Waals surface area contributed by atoms with Gasteiger partial charge in [-0.1, -0.05) is 11.3 Å². The number of rotatable bonds is 3. The number of hydrogen-bond acceptors (Lipinski definition) is 6. The van der Waals surface area contributed by atoms with Crippen LogP contribution in [0, 0.1) is 0 Å². The highest BCUT2D eigenvalue weighted by Crippen LogP contribution is 2.31. The van der Waals surface area contributed by atoms with E-state index in [-0.39, 0.29) is 18.1 Å². The van der Waals surface area contributed by atoms with E-state index >= 15 is 0 Å². The summed E-state index contributed by atoms with van der Waals surface area (Å²) >= 11 is 1.36. The number of thiazole rings is 1. The lowest BCUT2D eigenvalue weighted by Crippen LogP contribution is -2.46. The van der Waals surface area contributed by atoms with Crippen LogP contribution in [0.4, 0.5) is 10.9 Å². The van der Waals surface area contributed by atoms with Gasteiger partial charge in [0.25, 0.3) is 5.91 Å². The highest BCUT2D eigenvalue weighted by Gasteiger charge is 2.30. The largest absolute Gasteiger partial charge is 0.393 e. The summed E-state index contributed by atoms with van der Waals surface area (Å²) in [7, 11) is 0. The molecule has 1 aromatic heterocycles. The number of carbonyl (C=O) groups is 1. The summed E-state index contributed by atoms with van der Waals surface area (Å²) in [5.74, 6) is 0.140. The molecule has 0 radical (unpaired) electrons. The first-order valence-corrected chi connectivity index (χ1v) is 7.45. The molecule has 2 aliphatic rings. The summed E-state index contributed by atoms with van der Waals surface area (Å²) in [5, 5.41) is 12.9. The minimum atomic E-state index is -0.274. The lowest BCUT2D eigenvalue weighted by molar-refractivity contribution is 0.0565. The Bertz CT molecular complexity index is 478. The number of nitrogen functional groups attached to an aromatic ring is 1. The first kappa shape index (κ1) is 12.7. The average molecular weight is 282 g/mol. The van der Waals surface area contributed by atoms with Gasteiger partial charge in [-0.15, -0.1) is 0 Å². The minimum Gasteiger partial charge on any atom is -0.393 e. The van der Waals surface area contributed by atoms with E-state index in [0.717, 1.165) is 18.2 Å². The van der Waals surface area contributed by atoms with Crippen LogP contribution in [0.25, 0.3) is 0 Å². The van der Waals surface area contributed by atoms with Crippen molar-refractivity contribution in [2.75, 3.05) is 23.7 Å². The second-order valence-electron chi connectivity index (χ2n) is 5.20. The van der Waals surface area contributed by atoms with Gasteiger partial charge in [0.15, 0.2) is 5.13 Å². The number of nitrogens with two attached hydrogens (primary N) is 1. The Morgan fingerprint density at radius 2 is 2.11 bits per heavy atom. The van der Waals surface area contributed by atoms with Crippen molar-refractivity contribution in [3.05, 3.63) is 4.88 Å². The number of aliphatic hydroxyl groups is 1. The van der Waals surface area contributed by atoms with Gasteiger partial charge in [-0.2, -0.15) is 0 Å². The van der Waals surface area contributed by atoms with Crippen molar-refractivity contribution in [2.24, 2.45) is 0 Å². The molecule has 1 aliphatic heterocycles. The molecule has 2 heterocycles. The van der Waals surface area contributed by atoms with Crippen LogP contribution in [-0.4, -0.2) is 41.2 Å². The van der Waals surface area contributed by atoms with Crippen LogP contribution in [-0.2, 0) is 0 Å². The van der Waals surface area contributed by atoms with Gasteiger partial charge in [0.05, 0.1) is 6.10 Å². The third kappa shape index (κ3) is 2.52. The maximum atomic E-state index is 12.1. The van der Waals surface area contributed by atoms with Crippen LogP contribution in [0.2, 0.25) is 0 Å². The zero-order valence-corrected chi connectivity index (χ0v) is 11.4. The van der Waals surface area contributed by atoms with Crippen LogP contribution < -0.4 is 16.0 Å². The molecule has 104 valence electrons. The molecule has 4 N–H and O–H groups in total. The van der Waals surface area contributed by atoms with E-state index in [1.54, 1.807) is 0 Å². The Balaban J connectivity index is 1.67. The first-order valence-electron chi connectivity index (χ1n) is 6.63. The lowest BCUT2D eigenvalue weighted by Gasteiger charge is -2.31. The smallest absolute Gasteiger partial charge is 0.265 e. The standard InChI is InChI=1S/C12H18N4O2S/c13-10-9(11(18)14-7-5-8(17)6-7)19-12(15-10)16-3-1-2-4-16/h7-8,17H,1-6,13H2,(H,14,18). The minimum absolute atomic E-state index is 0.0687. The summed E-state index contributed by atoms with van der Waals surface area (Å²) in [6, 6.07) is 0.0687. The van der Waals surface area contributed by atoms with Crippen LogP contribution in [0.5, 0.6) is 0 Å². The number of anilines is 2. The van der Waals surface area contributed by atoms with E-state index in [1.165, 1.54) is 24.2 Å². The number of nitrogens with one attached hydrogen (secondary N) is 1. The number of aliphatic hydroxyl groups excluding tert-OH is 1. The number of amides is 1. The van der Waals surface area contributed by atoms with Crippen molar-refractivity contribution in [3.8, 4) is 0 Å². The number of nitrogens with zero attached hydrogens (tertiary/aromatic N) is 2. The van der Waals surface area contributed by atoms with Gasteiger partial charge in [0, 0.05) is 19.1 Å². The van der Waals surface area contributed by atoms with Crippen LogP contribution in [0.15, 0.2) is 0 Å². The van der Waals surface area contributed by atoms with Crippen molar-refractivity contribution < 1.29 is 9.90 Å². The third-order valence-electron chi connectivity index (χ3n) is 3.67. The van der Waals surface area contributed by atoms with Crippen molar-refractivity contribution in [2.45, 2.75) is 37.8 Å². The van der Waals surface area contributed by atoms with E-state index in [2.05, 4.69) is 15.2 Å². The van der Waals surface area contributed by atoms with Crippen molar-refractivity contribution in [3.63, 3.8) is 0 Å². The summed E-state index contributed by atoms with van der Waals surface area (Å²) in [4.78, 5) is 19.0. The second-order valence-corrected chi connectivity index (χ2v) is 6.18. The number of aromatic nitrogens is 1. The quantitative estimate of drug-likeness (QED) is 0.754. The Labute approximate surface area is 115 Å². The fraction of sp³-hybridized carbons (Fsp3) is 0.667. The van der Waals surface area contributed by atoms with Gasteiger partial charge < -0.3 is 21.1 Å². The SMILES string of the molecule is Nc1nc(N2CCCC2)sc1C(=O)NC1CC(O)C1. The molecule has 7 heteroatoms. The Morgan fingerprint density at radius 3 is 2.74 bits per heavy atom. The Kier molecular flexibility index (Phi) is 3.32. The molecule has 1 amide bonds. The van der Waals surface area contributed by atoms with Crippen molar-refractivity contribution >= 4 is 28.2 Å². The van der Waals surface area contributed by atoms with Crippen LogP contribution in [0.1, 0.15) is 35.4 Å². The van der Waals surface area contributed by atoms with Crippen LogP contribution >= 0.6 is 11.3 Å². The molecule has 1 aliphatic carbocycles. The molecule has 0 bridgehead atoms. The average Bonchev–Trinajstić information content (AvgIpc) is 2.95. The molecule has 19 heavy (non-hydrogen) atoms. The molecule has 1 saturated carbocycles. The fourth-order valence-corrected chi connectivity index (χ4v) is 3.42. The molecule has 2 fully saturated rings. The normalized spacial score (nSPS) is 26.3. The highest BCUT2D eigenvalue weighted by molar-refractivity contribution is 7.18. The molecule has 1 saturated heterocycles. The maximum absolute atomic E-state index is 12.1. The maximum Gasteiger partial charge on any atom is 0.265 e. The zero-order chi connectivity index (χ0) is 13.4. The Morgan fingerprint density at radius 1 is 1.42 bits per heavy atom. The summed E-state index contributed by atoms with van der Waals surface area (Å²) in [6.45, 7) is 1.98. The first-order chi connectivity index (χ1) is 9.13. The molecular weight excluding hydrogens is 264 g/mol. The Hall–Kier alpha value is -1.34. The van der Waals surface area contributed by atoms with E-state index in [9.17, 15) is 9.90 Å². The highest BCUT2D eigenvalue weighted by atomic mass is 32.1. The van der Waals surface area contributed by atoms with Crippen LogP contribution in [0.3, 0.4) is 0 Å². The van der Waals surface area contributed by atoms with Gasteiger partial charge in [0.1, 0.15) is 10.7 Å². The van der Waals surface area contributed by atoms with E-state index in [4.69, 9.17) is 5.73 Å². The number of hydrogen-bond donors (Lipinski definition) is 3. The molecule has 0 aromatic carbocycles. The zero-order valence-electron chi connectivity index (χ0n) is 10.6. The molecule has 3 rings (SSSR count). The number of carbonyl (C=O) groups excluding carboxylic acids is 1. The van der Waals surface area contributed by atoms with Crippen molar-refractivity contribution in [1.82, 2.24) is 10.3 Å². The predicted molar refractivity (Wildman–Crippen MR) is 74.5 cm³/mol. The van der Waals surface area contributed by atoms with E-state index in [1.807, 2.05) is 0 Å². The summed E-state index contributed by atoms with van der Waals surface area (Å²) < 4.78 is 0. The molecule has 0 unspecified atom stereocenters. The molecule has 0 atom stereocenters. The van der Waals surface area contributed by atoms with Gasteiger partial charge in [-0.3, -0.25) is 4.79 Å².